The molecule has 0 spiro atoms. The molecule has 1 N–H and O–H groups in total. The van der Waals surface area contributed by atoms with Gasteiger partial charge in [-0.05, 0) is 25.5 Å². The molecule has 0 aliphatic carbocycles. The average molecular weight is 294 g/mol. The van der Waals surface area contributed by atoms with Gasteiger partial charge in [0.1, 0.15) is 5.75 Å². The third-order valence-electron chi connectivity index (χ3n) is 2.99. The Kier molecular flexibility index (Phi) is 3.99. The molecule has 20 heavy (non-hydrogen) atoms. The van der Waals surface area contributed by atoms with Gasteiger partial charge >= 0.3 is 0 Å². The highest BCUT2D eigenvalue weighted by Gasteiger charge is 2.15. The fraction of sp³-hybridized carbons (Fsp3) is 0.286. The van der Waals surface area contributed by atoms with Crippen LogP contribution in [-0.4, -0.2) is 22.8 Å². The summed E-state index contributed by atoms with van der Waals surface area (Å²) in [5.41, 5.74) is 2.66. The summed E-state index contributed by atoms with van der Waals surface area (Å²) in [4.78, 5) is 12.3. The molecule has 1 aromatic heterocycles. The molecule has 1 amide bonds. The minimum atomic E-state index is -0.226. The Morgan fingerprint density at radius 1 is 1.40 bits per heavy atom. The number of hydrogen-bond acceptors (Lipinski definition) is 3. The minimum absolute atomic E-state index is 0.226. The number of methoxy groups -OCH3 is 1. The predicted molar refractivity (Wildman–Crippen MR) is 78.6 cm³/mol. The first-order chi connectivity index (χ1) is 9.42. The van der Waals surface area contributed by atoms with Gasteiger partial charge in [-0.15, -0.1) is 0 Å². The Bertz CT molecular complexity index is 665. The number of amides is 1. The van der Waals surface area contributed by atoms with Crippen molar-refractivity contribution >= 4 is 23.2 Å². The lowest BCUT2D eigenvalue weighted by Crippen LogP contribution is -2.13. The summed E-state index contributed by atoms with van der Waals surface area (Å²) in [5, 5.41) is 7.57. The van der Waals surface area contributed by atoms with Crippen molar-refractivity contribution in [1.82, 2.24) is 9.78 Å². The molecule has 0 saturated heterocycles. The molecule has 0 atom stereocenters. The van der Waals surface area contributed by atoms with Crippen LogP contribution in [-0.2, 0) is 7.05 Å². The molecule has 0 fully saturated rings. The van der Waals surface area contributed by atoms with Gasteiger partial charge < -0.3 is 10.1 Å². The topological polar surface area (TPSA) is 56.1 Å². The molecular weight excluding hydrogens is 278 g/mol. The van der Waals surface area contributed by atoms with Crippen LogP contribution in [0.25, 0.3) is 0 Å². The molecule has 0 aliphatic rings. The number of nitrogens with zero attached hydrogens (tertiary/aromatic N) is 2. The molecule has 2 aromatic rings. The van der Waals surface area contributed by atoms with E-state index in [9.17, 15) is 4.79 Å². The maximum Gasteiger partial charge on any atom is 0.259 e. The Labute approximate surface area is 122 Å². The van der Waals surface area contributed by atoms with Crippen LogP contribution in [0.3, 0.4) is 0 Å². The summed E-state index contributed by atoms with van der Waals surface area (Å²) in [5.74, 6) is 0.297. The number of carbonyl (C=O) groups excluding carboxylic acids is 1. The fourth-order valence-electron chi connectivity index (χ4n) is 1.94. The quantitative estimate of drug-likeness (QED) is 0.946. The number of ether oxygens (including phenoxy) is 1. The van der Waals surface area contributed by atoms with Gasteiger partial charge in [-0.1, -0.05) is 11.6 Å². The van der Waals surface area contributed by atoms with Crippen molar-refractivity contribution in [3.8, 4) is 5.75 Å². The number of aryl methyl sites for hydroxylation is 3. The average Bonchev–Trinajstić information content (AvgIpc) is 2.72. The smallest absolute Gasteiger partial charge is 0.259 e. The van der Waals surface area contributed by atoms with Crippen LogP contribution < -0.4 is 10.1 Å². The van der Waals surface area contributed by atoms with Crippen molar-refractivity contribution in [2.45, 2.75) is 13.8 Å². The van der Waals surface area contributed by atoms with Crippen molar-refractivity contribution in [3.05, 3.63) is 40.2 Å². The molecule has 0 bridgehead atoms. The maximum atomic E-state index is 12.3. The molecule has 5 nitrogen and oxygen atoms in total. The van der Waals surface area contributed by atoms with Crippen molar-refractivity contribution in [2.24, 2.45) is 7.05 Å². The summed E-state index contributed by atoms with van der Waals surface area (Å²) < 4.78 is 6.84. The van der Waals surface area contributed by atoms with Gasteiger partial charge in [-0.2, -0.15) is 5.10 Å². The fourth-order valence-corrected chi connectivity index (χ4v) is 2.10. The third kappa shape index (κ3) is 2.77. The normalized spacial score (nSPS) is 10.4. The number of anilines is 1. The van der Waals surface area contributed by atoms with Crippen molar-refractivity contribution in [3.63, 3.8) is 0 Å². The lowest BCUT2D eigenvalue weighted by atomic mass is 10.2. The number of rotatable bonds is 3. The van der Waals surface area contributed by atoms with Crippen molar-refractivity contribution in [2.75, 3.05) is 12.4 Å². The van der Waals surface area contributed by atoms with Crippen LogP contribution in [0.2, 0.25) is 5.02 Å². The summed E-state index contributed by atoms with van der Waals surface area (Å²) >= 11 is 6.04. The molecule has 0 saturated carbocycles. The first-order valence-corrected chi connectivity index (χ1v) is 6.46. The Morgan fingerprint density at radius 3 is 2.65 bits per heavy atom. The lowest BCUT2D eigenvalue weighted by Gasteiger charge is -2.12. The highest BCUT2D eigenvalue weighted by atomic mass is 35.5. The minimum Gasteiger partial charge on any atom is -0.495 e. The van der Waals surface area contributed by atoms with E-state index >= 15 is 0 Å². The van der Waals surface area contributed by atoms with Gasteiger partial charge in [0.05, 0.1) is 24.1 Å². The summed E-state index contributed by atoms with van der Waals surface area (Å²) in [7, 11) is 3.31. The molecule has 6 heteroatoms. The molecule has 106 valence electrons. The van der Waals surface area contributed by atoms with Crippen molar-refractivity contribution in [1.29, 1.82) is 0 Å². The predicted octanol–water partition coefficient (Wildman–Crippen LogP) is 2.95. The zero-order valence-electron chi connectivity index (χ0n) is 11.8. The highest BCUT2D eigenvalue weighted by Crippen LogP contribution is 2.31. The zero-order valence-corrected chi connectivity index (χ0v) is 12.6. The second kappa shape index (κ2) is 5.54. The van der Waals surface area contributed by atoms with E-state index in [1.807, 2.05) is 6.92 Å². The van der Waals surface area contributed by atoms with Crippen molar-refractivity contribution < 1.29 is 9.53 Å². The molecule has 0 unspecified atom stereocenters. The first kappa shape index (κ1) is 14.4. The number of benzene rings is 1. The Balaban J connectivity index is 2.32. The van der Waals surface area contributed by atoms with E-state index in [4.69, 9.17) is 16.3 Å². The third-order valence-corrected chi connectivity index (χ3v) is 3.39. The lowest BCUT2D eigenvalue weighted by molar-refractivity contribution is 0.102. The summed E-state index contributed by atoms with van der Waals surface area (Å²) in [6, 6.07) is 3.47. The first-order valence-electron chi connectivity index (χ1n) is 6.08. The number of hydrogen-bond donors (Lipinski definition) is 1. The van der Waals surface area contributed by atoms with Crippen LogP contribution in [0.4, 0.5) is 5.69 Å². The largest absolute Gasteiger partial charge is 0.495 e. The van der Waals surface area contributed by atoms with E-state index in [1.54, 1.807) is 37.0 Å². The SMILES string of the molecule is COc1cc(Cl)c(C)cc1NC(=O)c1cn(C)nc1C. The van der Waals surface area contributed by atoms with E-state index in [-0.39, 0.29) is 5.91 Å². The van der Waals surface area contributed by atoms with Gasteiger partial charge in [0.25, 0.3) is 5.91 Å². The number of carbonyl (C=O) groups is 1. The molecular formula is C14H16ClN3O2. The zero-order chi connectivity index (χ0) is 14.9. The summed E-state index contributed by atoms with van der Waals surface area (Å²) in [6.07, 6.45) is 1.68. The van der Waals surface area contributed by atoms with Crippen LogP contribution in [0.15, 0.2) is 18.3 Å². The monoisotopic (exact) mass is 293 g/mol. The number of halogens is 1. The van der Waals surface area contributed by atoms with Gasteiger partial charge in [-0.25, -0.2) is 0 Å². The van der Waals surface area contributed by atoms with E-state index in [2.05, 4.69) is 10.4 Å². The second-order valence-electron chi connectivity index (χ2n) is 4.56. The molecule has 0 radical (unpaired) electrons. The molecule has 2 rings (SSSR count). The van der Waals surface area contributed by atoms with E-state index in [1.165, 1.54) is 7.11 Å². The Hall–Kier alpha value is -2.01. The number of nitrogens with one attached hydrogen (secondary N) is 1. The van der Waals surface area contributed by atoms with Gasteiger partial charge in [-0.3, -0.25) is 9.48 Å². The molecule has 1 heterocycles. The maximum absolute atomic E-state index is 12.3. The van der Waals surface area contributed by atoms with E-state index in [0.29, 0.717) is 27.7 Å². The van der Waals surface area contributed by atoms with Crippen LogP contribution in [0.5, 0.6) is 5.75 Å². The van der Waals surface area contributed by atoms with Gasteiger partial charge in [0.15, 0.2) is 0 Å². The molecule has 0 aliphatic heterocycles. The van der Waals surface area contributed by atoms with Crippen LogP contribution >= 0.6 is 11.6 Å². The second-order valence-corrected chi connectivity index (χ2v) is 4.96. The summed E-state index contributed by atoms with van der Waals surface area (Å²) in [6.45, 7) is 3.66. The number of aromatic nitrogens is 2. The van der Waals surface area contributed by atoms with Gasteiger partial charge in [0.2, 0.25) is 0 Å². The van der Waals surface area contributed by atoms with Gasteiger partial charge in [0, 0.05) is 24.3 Å². The van der Waals surface area contributed by atoms with Crippen LogP contribution in [0, 0.1) is 13.8 Å². The van der Waals surface area contributed by atoms with E-state index < -0.39 is 0 Å². The van der Waals surface area contributed by atoms with E-state index in [0.717, 1.165) is 5.56 Å². The van der Waals surface area contributed by atoms with Crippen LogP contribution in [0.1, 0.15) is 21.6 Å². The molecule has 1 aromatic carbocycles. The highest BCUT2D eigenvalue weighted by molar-refractivity contribution is 6.31. The standard InChI is InChI=1S/C14H16ClN3O2/c1-8-5-12(13(20-4)6-11(8)15)16-14(19)10-7-18(3)17-9(10)2/h5-7H,1-4H3,(H,16,19). The Morgan fingerprint density at radius 2 is 2.10 bits per heavy atom.